The highest BCUT2D eigenvalue weighted by Gasteiger charge is 2.50. The molecular weight excluding hydrogens is 396 g/mol. The van der Waals surface area contributed by atoms with Crippen molar-refractivity contribution in [1.29, 1.82) is 0 Å². The Morgan fingerprint density at radius 1 is 1.03 bits per heavy atom. The predicted molar refractivity (Wildman–Crippen MR) is 111 cm³/mol. The van der Waals surface area contributed by atoms with Crippen molar-refractivity contribution < 1.29 is 23.9 Å². The summed E-state index contributed by atoms with van der Waals surface area (Å²) in [6.07, 6.45) is 7.61. The van der Waals surface area contributed by atoms with Crippen LogP contribution < -0.4 is 5.32 Å². The topological polar surface area (TPSA) is 92.8 Å². The van der Waals surface area contributed by atoms with Crippen molar-refractivity contribution in [1.82, 2.24) is 10.2 Å². The van der Waals surface area contributed by atoms with Crippen molar-refractivity contribution in [2.24, 2.45) is 23.2 Å². The van der Waals surface area contributed by atoms with Crippen LogP contribution in [0.1, 0.15) is 66.2 Å². The standard InChI is InChI=1S/C24H28N2O5/c1-14(26-21(28)18-4-2-3-5-19(18)22(26)29)23(30)31-12-20(27)25-13-24-9-15-6-16(10-24)8-17(7-15)11-24/h2-5,14-17H,6-13H2,1H3,(H,25,27)/t14-,15?,16?,17?,24?/m0/s1. The number of hydrogen-bond donors (Lipinski definition) is 1. The van der Waals surface area contributed by atoms with Gasteiger partial charge >= 0.3 is 5.97 Å². The van der Waals surface area contributed by atoms with Crippen molar-refractivity contribution >= 4 is 23.7 Å². The maximum Gasteiger partial charge on any atom is 0.329 e. The Balaban J connectivity index is 1.13. The molecule has 4 bridgehead atoms. The van der Waals surface area contributed by atoms with Crippen LogP contribution in [0.2, 0.25) is 0 Å². The van der Waals surface area contributed by atoms with Gasteiger partial charge in [-0.3, -0.25) is 19.3 Å². The van der Waals surface area contributed by atoms with Crippen LogP contribution in [-0.2, 0) is 14.3 Å². The number of carbonyl (C=O) groups excluding carboxylic acids is 4. The number of carbonyl (C=O) groups is 4. The lowest BCUT2D eigenvalue weighted by Crippen LogP contribution is -2.51. The molecule has 1 heterocycles. The Hall–Kier alpha value is -2.70. The fourth-order valence-corrected chi connectivity index (χ4v) is 6.77. The number of rotatable bonds is 6. The first-order valence-corrected chi connectivity index (χ1v) is 11.3. The van der Waals surface area contributed by atoms with E-state index in [0.29, 0.717) is 6.54 Å². The fraction of sp³-hybridized carbons (Fsp3) is 0.583. The number of ether oxygens (including phenoxy) is 1. The van der Waals surface area contributed by atoms with E-state index in [1.165, 1.54) is 45.4 Å². The molecule has 164 valence electrons. The molecule has 4 saturated carbocycles. The van der Waals surface area contributed by atoms with E-state index in [1.807, 2.05) is 0 Å². The van der Waals surface area contributed by atoms with E-state index < -0.39 is 30.4 Å². The number of nitrogens with zero attached hydrogens (tertiary/aromatic N) is 1. The second kappa shape index (κ2) is 7.46. The lowest BCUT2D eigenvalue weighted by molar-refractivity contribution is -0.152. The molecule has 4 aliphatic carbocycles. The van der Waals surface area contributed by atoms with E-state index >= 15 is 0 Å². The summed E-state index contributed by atoms with van der Waals surface area (Å²) in [6.45, 7) is 1.68. The van der Waals surface area contributed by atoms with Crippen LogP contribution in [-0.4, -0.2) is 47.8 Å². The van der Waals surface area contributed by atoms with Gasteiger partial charge in [0.2, 0.25) is 0 Å². The van der Waals surface area contributed by atoms with Crippen molar-refractivity contribution in [3.8, 4) is 0 Å². The molecule has 0 radical (unpaired) electrons. The summed E-state index contributed by atoms with van der Waals surface area (Å²) in [5.41, 5.74) is 0.767. The van der Waals surface area contributed by atoms with Crippen LogP contribution in [0.15, 0.2) is 24.3 Å². The number of esters is 1. The number of hydrogen-bond acceptors (Lipinski definition) is 5. The van der Waals surface area contributed by atoms with Gasteiger partial charge in [0.05, 0.1) is 11.1 Å². The molecule has 0 saturated heterocycles. The smallest absolute Gasteiger partial charge is 0.329 e. The average Bonchev–Trinajstić information content (AvgIpc) is 2.99. The van der Waals surface area contributed by atoms with Gasteiger partial charge in [0.1, 0.15) is 6.04 Å². The van der Waals surface area contributed by atoms with Crippen molar-refractivity contribution in [2.45, 2.75) is 51.5 Å². The van der Waals surface area contributed by atoms with Crippen LogP contribution in [0.5, 0.6) is 0 Å². The molecule has 5 aliphatic rings. The second-order valence-electron chi connectivity index (χ2n) is 10.0. The Morgan fingerprint density at radius 3 is 2.06 bits per heavy atom. The lowest BCUT2D eigenvalue weighted by Gasteiger charge is -2.56. The van der Waals surface area contributed by atoms with E-state index in [1.54, 1.807) is 24.3 Å². The normalized spacial score (nSPS) is 31.5. The van der Waals surface area contributed by atoms with Crippen LogP contribution >= 0.6 is 0 Å². The lowest BCUT2D eigenvalue weighted by atomic mass is 9.49. The number of amides is 3. The summed E-state index contributed by atoms with van der Waals surface area (Å²) in [6, 6.07) is 5.37. The van der Waals surface area contributed by atoms with E-state index in [0.717, 1.165) is 22.7 Å². The van der Waals surface area contributed by atoms with E-state index in [9.17, 15) is 19.2 Å². The molecule has 1 atom stereocenters. The summed E-state index contributed by atoms with van der Waals surface area (Å²) in [5.74, 6) is 0.287. The quantitative estimate of drug-likeness (QED) is 0.560. The van der Waals surface area contributed by atoms with Gasteiger partial charge in [-0.05, 0) is 80.8 Å². The Bertz CT molecular complexity index is 885. The Kier molecular flexibility index (Phi) is 4.87. The highest BCUT2D eigenvalue weighted by atomic mass is 16.5. The first-order chi connectivity index (χ1) is 14.8. The highest BCUT2D eigenvalue weighted by Crippen LogP contribution is 2.59. The minimum absolute atomic E-state index is 0.210. The van der Waals surface area contributed by atoms with Crippen molar-refractivity contribution in [2.75, 3.05) is 13.2 Å². The molecule has 0 aromatic heterocycles. The van der Waals surface area contributed by atoms with Gasteiger partial charge in [-0.1, -0.05) is 12.1 Å². The first-order valence-electron chi connectivity index (χ1n) is 11.3. The first kappa shape index (κ1) is 20.2. The predicted octanol–water partition coefficient (Wildman–Crippen LogP) is 2.55. The Morgan fingerprint density at radius 2 is 1.55 bits per heavy atom. The van der Waals surface area contributed by atoms with Gasteiger partial charge in [0.25, 0.3) is 17.7 Å². The highest BCUT2D eigenvalue weighted by molar-refractivity contribution is 6.22. The summed E-state index contributed by atoms with van der Waals surface area (Å²) in [4.78, 5) is 50.7. The van der Waals surface area contributed by atoms with E-state index in [-0.39, 0.29) is 22.4 Å². The minimum atomic E-state index is -1.09. The van der Waals surface area contributed by atoms with Crippen LogP contribution in [0.4, 0.5) is 0 Å². The summed E-state index contributed by atoms with van der Waals surface area (Å²) in [7, 11) is 0. The SMILES string of the molecule is C[C@@H](C(=O)OCC(=O)NCC12CC3CC(CC(C3)C1)C2)N1C(=O)c2ccccc2C1=O. The molecule has 0 unspecified atom stereocenters. The maximum absolute atomic E-state index is 12.5. The molecule has 3 amide bonds. The molecule has 4 fully saturated rings. The summed E-state index contributed by atoms with van der Waals surface area (Å²) < 4.78 is 5.15. The van der Waals surface area contributed by atoms with Gasteiger partial charge in [0, 0.05) is 6.54 Å². The maximum atomic E-state index is 12.5. The third-order valence-corrected chi connectivity index (χ3v) is 7.73. The third kappa shape index (κ3) is 3.54. The summed E-state index contributed by atoms with van der Waals surface area (Å²) >= 11 is 0. The van der Waals surface area contributed by atoms with Crippen molar-refractivity contribution in [3.63, 3.8) is 0 Å². The van der Waals surface area contributed by atoms with E-state index in [4.69, 9.17) is 4.74 Å². The molecule has 6 rings (SSSR count). The number of nitrogens with one attached hydrogen (secondary N) is 1. The zero-order valence-corrected chi connectivity index (χ0v) is 17.8. The largest absolute Gasteiger partial charge is 0.454 e. The van der Waals surface area contributed by atoms with Gasteiger partial charge < -0.3 is 10.1 Å². The van der Waals surface area contributed by atoms with E-state index in [2.05, 4.69) is 5.32 Å². The molecule has 31 heavy (non-hydrogen) atoms. The molecule has 0 spiro atoms. The molecule has 1 aliphatic heterocycles. The van der Waals surface area contributed by atoms with Gasteiger partial charge in [-0.15, -0.1) is 0 Å². The molecule has 1 N–H and O–H groups in total. The minimum Gasteiger partial charge on any atom is -0.454 e. The fourth-order valence-electron chi connectivity index (χ4n) is 6.77. The molecule has 1 aromatic carbocycles. The molecule has 7 nitrogen and oxygen atoms in total. The molecule has 7 heteroatoms. The van der Waals surface area contributed by atoms with Gasteiger partial charge in [-0.2, -0.15) is 0 Å². The zero-order valence-electron chi connectivity index (χ0n) is 17.8. The Labute approximate surface area is 181 Å². The number of imide groups is 1. The molecular formula is C24H28N2O5. The second-order valence-corrected chi connectivity index (χ2v) is 10.0. The van der Waals surface area contributed by atoms with Crippen LogP contribution in [0, 0.1) is 23.2 Å². The average molecular weight is 424 g/mol. The molecule has 1 aromatic rings. The number of benzene rings is 1. The monoisotopic (exact) mass is 424 g/mol. The summed E-state index contributed by atoms with van der Waals surface area (Å²) in [5, 5.41) is 2.97. The van der Waals surface area contributed by atoms with Crippen molar-refractivity contribution in [3.05, 3.63) is 35.4 Å². The van der Waals surface area contributed by atoms with Crippen LogP contribution in [0.25, 0.3) is 0 Å². The zero-order chi connectivity index (χ0) is 21.8. The van der Waals surface area contributed by atoms with Crippen LogP contribution in [0.3, 0.4) is 0 Å². The number of fused-ring (bicyclic) bond motifs is 1. The third-order valence-electron chi connectivity index (χ3n) is 7.73. The van der Waals surface area contributed by atoms with Gasteiger partial charge in [-0.25, -0.2) is 4.79 Å². The van der Waals surface area contributed by atoms with Gasteiger partial charge in [0.15, 0.2) is 6.61 Å².